The van der Waals surface area contributed by atoms with Gasteiger partial charge in [0.2, 0.25) is 5.91 Å². The van der Waals surface area contributed by atoms with Gasteiger partial charge in [-0.2, -0.15) is 0 Å². The van der Waals surface area contributed by atoms with Gasteiger partial charge < -0.3 is 18.8 Å². The summed E-state index contributed by atoms with van der Waals surface area (Å²) >= 11 is 0. The third-order valence-electron chi connectivity index (χ3n) is 6.58. The number of carboxylic acid groups (broad SMARTS) is 1. The predicted octanol–water partition coefficient (Wildman–Crippen LogP) is 4.40. The Hall–Kier alpha value is -3.09. The molecule has 170 valence electrons. The third-order valence-corrected chi connectivity index (χ3v) is 6.58. The summed E-state index contributed by atoms with van der Waals surface area (Å²) in [6.45, 7) is 9.13. The van der Waals surface area contributed by atoms with Crippen molar-refractivity contribution in [3.8, 4) is 0 Å². The highest BCUT2D eigenvalue weighted by Gasteiger charge is 2.27. The molecular formula is C25H29NO6. The minimum atomic E-state index is -0.803. The zero-order valence-corrected chi connectivity index (χ0v) is 19.0. The molecule has 2 aromatic heterocycles. The number of hydrogen-bond donors (Lipinski definition) is 1. The van der Waals surface area contributed by atoms with E-state index in [4.69, 9.17) is 13.9 Å². The average molecular weight is 440 g/mol. The zero-order chi connectivity index (χ0) is 23.2. The van der Waals surface area contributed by atoms with Crippen LogP contribution in [0.3, 0.4) is 0 Å². The molecule has 7 nitrogen and oxygen atoms in total. The summed E-state index contributed by atoms with van der Waals surface area (Å²) in [6.07, 6.45) is 3.17. The van der Waals surface area contributed by atoms with Gasteiger partial charge in [0.05, 0.1) is 12.2 Å². The Kier molecular flexibility index (Phi) is 5.61. The number of carbonyl (C=O) groups is 2. The average Bonchev–Trinajstić information content (AvgIpc) is 3.15. The predicted molar refractivity (Wildman–Crippen MR) is 121 cm³/mol. The monoisotopic (exact) mass is 439 g/mol. The zero-order valence-electron chi connectivity index (χ0n) is 19.0. The molecule has 1 fully saturated rings. The molecule has 1 aliphatic rings. The van der Waals surface area contributed by atoms with Crippen LogP contribution in [0.4, 0.5) is 0 Å². The van der Waals surface area contributed by atoms with E-state index in [1.807, 2.05) is 13.0 Å². The quantitative estimate of drug-likeness (QED) is 0.605. The Labute approximate surface area is 186 Å². The van der Waals surface area contributed by atoms with Crippen molar-refractivity contribution < 1.29 is 23.5 Å². The van der Waals surface area contributed by atoms with E-state index in [2.05, 4.69) is 20.8 Å². The molecule has 3 heterocycles. The molecule has 1 saturated heterocycles. The highest BCUT2D eigenvalue weighted by molar-refractivity contribution is 5.96. The maximum absolute atomic E-state index is 12.7. The van der Waals surface area contributed by atoms with E-state index in [0.29, 0.717) is 42.7 Å². The molecule has 3 aromatic rings. The van der Waals surface area contributed by atoms with Crippen LogP contribution in [0.5, 0.6) is 0 Å². The Morgan fingerprint density at radius 2 is 1.81 bits per heavy atom. The molecule has 1 N–H and O–H groups in total. The van der Waals surface area contributed by atoms with Crippen LogP contribution in [0.25, 0.3) is 21.9 Å². The maximum Gasteiger partial charge on any atom is 0.339 e. The summed E-state index contributed by atoms with van der Waals surface area (Å²) in [5, 5.41) is 11.0. The number of benzene rings is 1. The number of carbonyl (C=O) groups excluding carboxylic acids is 1. The van der Waals surface area contributed by atoms with E-state index in [9.17, 15) is 14.4 Å². The molecule has 0 aliphatic carbocycles. The van der Waals surface area contributed by atoms with Crippen LogP contribution in [0, 0.1) is 12.8 Å². The van der Waals surface area contributed by atoms with Gasteiger partial charge in [0.1, 0.15) is 11.2 Å². The smallest absolute Gasteiger partial charge is 0.339 e. The van der Waals surface area contributed by atoms with Crippen molar-refractivity contribution in [2.75, 3.05) is 13.1 Å². The highest BCUT2D eigenvalue weighted by Crippen LogP contribution is 2.35. The van der Waals surface area contributed by atoms with Crippen molar-refractivity contribution in [3.05, 3.63) is 45.5 Å². The number of piperidine rings is 1. The van der Waals surface area contributed by atoms with Gasteiger partial charge in [-0.3, -0.25) is 9.59 Å². The second-order valence-corrected chi connectivity index (χ2v) is 9.73. The molecule has 0 saturated carbocycles. The number of aliphatic carboxylic acids is 1. The molecule has 1 amide bonds. The molecule has 1 aromatic carbocycles. The molecule has 1 aliphatic heterocycles. The number of amides is 1. The summed E-state index contributed by atoms with van der Waals surface area (Å²) in [5.41, 5.74) is 3.03. The van der Waals surface area contributed by atoms with Crippen molar-refractivity contribution in [2.24, 2.45) is 5.92 Å². The molecule has 0 unspecified atom stereocenters. The first-order chi connectivity index (χ1) is 15.1. The number of aryl methyl sites for hydroxylation is 1. The molecular weight excluding hydrogens is 410 g/mol. The Balaban J connectivity index is 1.59. The number of rotatable bonds is 4. The van der Waals surface area contributed by atoms with E-state index in [1.54, 1.807) is 17.2 Å². The molecule has 4 rings (SSSR count). The van der Waals surface area contributed by atoms with E-state index in [1.165, 1.54) is 0 Å². The largest absolute Gasteiger partial charge is 0.481 e. The standard InChI is InChI=1S/C25H29NO6/c1-14-16(5-6-22(27)26-9-7-15(8-10-26)23(28)29)24(30)32-21-12-20-18(11-17(14)21)19(13-31-20)25(2,3)4/h11-13,15H,5-10H2,1-4H3,(H,28,29). The van der Waals surface area contributed by atoms with Crippen molar-refractivity contribution in [1.82, 2.24) is 4.90 Å². The van der Waals surface area contributed by atoms with Crippen molar-refractivity contribution in [3.63, 3.8) is 0 Å². The first-order valence-electron chi connectivity index (χ1n) is 11.0. The van der Waals surface area contributed by atoms with Gasteiger partial charge in [-0.05, 0) is 43.2 Å². The van der Waals surface area contributed by atoms with Gasteiger partial charge >= 0.3 is 11.6 Å². The fourth-order valence-corrected chi connectivity index (χ4v) is 4.55. The Bertz CT molecular complexity index is 1250. The number of carboxylic acids is 1. The highest BCUT2D eigenvalue weighted by atomic mass is 16.4. The molecule has 0 radical (unpaired) electrons. The lowest BCUT2D eigenvalue weighted by Gasteiger charge is -2.30. The number of fused-ring (bicyclic) bond motifs is 2. The van der Waals surface area contributed by atoms with Crippen LogP contribution in [0.1, 0.15) is 56.7 Å². The van der Waals surface area contributed by atoms with E-state index in [-0.39, 0.29) is 30.1 Å². The van der Waals surface area contributed by atoms with Crippen molar-refractivity contribution in [2.45, 2.75) is 58.8 Å². The van der Waals surface area contributed by atoms with Crippen LogP contribution in [0.15, 0.2) is 32.0 Å². The summed E-state index contributed by atoms with van der Waals surface area (Å²) in [4.78, 5) is 38.1. The lowest BCUT2D eigenvalue weighted by Crippen LogP contribution is -2.40. The van der Waals surface area contributed by atoms with Gasteiger partial charge in [0, 0.05) is 47.5 Å². The maximum atomic E-state index is 12.7. The summed E-state index contributed by atoms with van der Waals surface area (Å²) in [6, 6.07) is 3.77. The van der Waals surface area contributed by atoms with Crippen LogP contribution in [-0.2, 0) is 21.4 Å². The number of furan rings is 1. The van der Waals surface area contributed by atoms with Gasteiger partial charge in [-0.25, -0.2) is 4.79 Å². The number of likely N-dealkylation sites (tertiary alicyclic amines) is 1. The second kappa shape index (κ2) is 8.11. The van der Waals surface area contributed by atoms with Gasteiger partial charge in [-0.1, -0.05) is 20.8 Å². The number of nitrogens with zero attached hydrogens (tertiary/aromatic N) is 1. The van der Waals surface area contributed by atoms with Crippen LogP contribution in [0.2, 0.25) is 0 Å². The lowest BCUT2D eigenvalue weighted by atomic mass is 9.86. The van der Waals surface area contributed by atoms with Crippen LogP contribution < -0.4 is 5.63 Å². The summed E-state index contributed by atoms with van der Waals surface area (Å²) < 4.78 is 11.3. The third kappa shape index (κ3) is 4.04. The lowest BCUT2D eigenvalue weighted by molar-refractivity contribution is -0.145. The Morgan fingerprint density at radius 3 is 2.44 bits per heavy atom. The van der Waals surface area contributed by atoms with E-state index >= 15 is 0 Å². The normalized spacial score (nSPS) is 15.6. The summed E-state index contributed by atoms with van der Waals surface area (Å²) in [7, 11) is 0. The Morgan fingerprint density at radius 1 is 1.12 bits per heavy atom. The van der Waals surface area contributed by atoms with Crippen LogP contribution >= 0.6 is 0 Å². The fraction of sp³-hybridized carbons (Fsp3) is 0.480. The number of hydrogen-bond acceptors (Lipinski definition) is 5. The van der Waals surface area contributed by atoms with Gasteiger partial charge in [0.15, 0.2) is 0 Å². The first-order valence-corrected chi connectivity index (χ1v) is 11.0. The molecule has 32 heavy (non-hydrogen) atoms. The van der Waals surface area contributed by atoms with Gasteiger partial charge in [0.25, 0.3) is 0 Å². The fourth-order valence-electron chi connectivity index (χ4n) is 4.55. The second-order valence-electron chi connectivity index (χ2n) is 9.73. The summed E-state index contributed by atoms with van der Waals surface area (Å²) in [5.74, 6) is -1.25. The molecule has 0 spiro atoms. The first kappa shape index (κ1) is 22.1. The SMILES string of the molecule is Cc1c(CCC(=O)N2CCC(C(=O)O)CC2)c(=O)oc2cc3occ(C(C)(C)C)c3cc12. The topological polar surface area (TPSA) is 101 Å². The molecule has 7 heteroatoms. The van der Waals surface area contributed by atoms with E-state index < -0.39 is 11.6 Å². The minimum absolute atomic E-state index is 0.0620. The van der Waals surface area contributed by atoms with Crippen molar-refractivity contribution >= 4 is 33.8 Å². The van der Waals surface area contributed by atoms with Crippen molar-refractivity contribution in [1.29, 1.82) is 0 Å². The molecule has 0 bridgehead atoms. The molecule has 0 atom stereocenters. The van der Waals surface area contributed by atoms with Crippen LogP contribution in [-0.4, -0.2) is 35.0 Å². The van der Waals surface area contributed by atoms with Gasteiger partial charge in [-0.15, -0.1) is 0 Å². The minimum Gasteiger partial charge on any atom is -0.481 e. The van der Waals surface area contributed by atoms with E-state index in [0.717, 1.165) is 21.9 Å².